The van der Waals surface area contributed by atoms with Crippen LogP contribution in [0.1, 0.15) is 39.5 Å². The predicted octanol–water partition coefficient (Wildman–Crippen LogP) is -0.275. The van der Waals surface area contributed by atoms with Crippen molar-refractivity contribution in [2.24, 2.45) is 0 Å². The maximum Gasteiger partial charge on any atom is 0.326 e. The van der Waals surface area contributed by atoms with Crippen LogP contribution in [0.2, 0.25) is 0 Å². The van der Waals surface area contributed by atoms with Crippen molar-refractivity contribution in [2.75, 3.05) is 0 Å². The summed E-state index contributed by atoms with van der Waals surface area (Å²) < 4.78 is 0. The van der Waals surface area contributed by atoms with Crippen LogP contribution in [-0.4, -0.2) is 46.0 Å². The standard InChI is InChI=1S/C12H20N2O6/c1-3-4-8(11(17)18)14-10(16)6-5-9(12(19)20)13-7(2)15/h8-9H,3-6H2,1-2H3,(H,13,15)(H,14,16)(H,17,18)(H,19,20)/t8-,9+/m1/s1. The van der Waals surface area contributed by atoms with Gasteiger partial charge in [-0.1, -0.05) is 13.3 Å². The zero-order valence-electron chi connectivity index (χ0n) is 11.5. The van der Waals surface area contributed by atoms with Gasteiger partial charge in [0.15, 0.2) is 0 Å². The smallest absolute Gasteiger partial charge is 0.326 e. The highest BCUT2D eigenvalue weighted by Gasteiger charge is 2.22. The predicted molar refractivity (Wildman–Crippen MR) is 68.9 cm³/mol. The number of carboxylic acid groups (broad SMARTS) is 2. The average Bonchev–Trinajstić information content (AvgIpc) is 2.33. The molecule has 0 aliphatic heterocycles. The van der Waals surface area contributed by atoms with Crippen LogP contribution < -0.4 is 10.6 Å². The van der Waals surface area contributed by atoms with Gasteiger partial charge in [-0.15, -0.1) is 0 Å². The lowest BCUT2D eigenvalue weighted by molar-refractivity contribution is -0.143. The number of rotatable bonds is 9. The first-order valence-corrected chi connectivity index (χ1v) is 6.30. The van der Waals surface area contributed by atoms with Crippen LogP contribution in [0.25, 0.3) is 0 Å². The summed E-state index contributed by atoms with van der Waals surface area (Å²) in [6.45, 7) is 2.97. The van der Waals surface area contributed by atoms with Crippen molar-refractivity contribution in [1.29, 1.82) is 0 Å². The highest BCUT2D eigenvalue weighted by molar-refractivity contribution is 5.85. The molecule has 20 heavy (non-hydrogen) atoms. The van der Waals surface area contributed by atoms with Crippen molar-refractivity contribution in [1.82, 2.24) is 10.6 Å². The number of carboxylic acids is 2. The summed E-state index contributed by atoms with van der Waals surface area (Å²) in [5.74, 6) is -3.43. The Morgan fingerprint density at radius 2 is 1.45 bits per heavy atom. The molecule has 2 atom stereocenters. The van der Waals surface area contributed by atoms with Gasteiger partial charge in [0.2, 0.25) is 11.8 Å². The second-order valence-corrected chi connectivity index (χ2v) is 4.38. The highest BCUT2D eigenvalue weighted by atomic mass is 16.4. The van der Waals surface area contributed by atoms with Crippen molar-refractivity contribution in [3.63, 3.8) is 0 Å². The molecular weight excluding hydrogens is 268 g/mol. The fraction of sp³-hybridized carbons (Fsp3) is 0.667. The van der Waals surface area contributed by atoms with Crippen molar-refractivity contribution in [3.05, 3.63) is 0 Å². The van der Waals surface area contributed by atoms with Crippen LogP contribution in [0, 0.1) is 0 Å². The van der Waals surface area contributed by atoms with Gasteiger partial charge in [-0.3, -0.25) is 9.59 Å². The maximum atomic E-state index is 11.6. The van der Waals surface area contributed by atoms with E-state index in [0.717, 1.165) is 0 Å². The lowest BCUT2D eigenvalue weighted by Crippen LogP contribution is -2.43. The van der Waals surface area contributed by atoms with Gasteiger partial charge in [-0.2, -0.15) is 0 Å². The van der Waals surface area contributed by atoms with Crippen molar-refractivity contribution in [3.8, 4) is 0 Å². The van der Waals surface area contributed by atoms with Crippen LogP contribution in [0.5, 0.6) is 0 Å². The molecule has 0 aliphatic rings. The number of hydrogen-bond acceptors (Lipinski definition) is 4. The van der Waals surface area contributed by atoms with E-state index in [2.05, 4.69) is 10.6 Å². The number of nitrogens with one attached hydrogen (secondary N) is 2. The highest BCUT2D eigenvalue weighted by Crippen LogP contribution is 2.01. The molecule has 0 aromatic rings. The molecule has 8 heteroatoms. The summed E-state index contributed by atoms with van der Waals surface area (Å²) >= 11 is 0. The topological polar surface area (TPSA) is 133 Å². The third-order valence-corrected chi connectivity index (χ3v) is 2.55. The molecule has 0 saturated heterocycles. The van der Waals surface area contributed by atoms with E-state index >= 15 is 0 Å². The largest absolute Gasteiger partial charge is 0.480 e. The van der Waals surface area contributed by atoms with Gasteiger partial charge >= 0.3 is 11.9 Å². The van der Waals surface area contributed by atoms with E-state index < -0.39 is 35.8 Å². The average molecular weight is 288 g/mol. The molecule has 0 fully saturated rings. The number of carbonyl (C=O) groups excluding carboxylic acids is 2. The second-order valence-electron chi connectivity index (χ2n) is 4.38. The lowest BCUT2D eigenvalue weighted by Gasteiger charge is -2.15. The fourth-order valence-corrected chi connectivity index (χ4v) is 1.59. The Morgan fingerprint density at radius 1 is 0.950 bits per heavy atom. The first-order valence-electron chi connectivity index (χ1n) is 6.30. The third kappa shape index (κ3) is 7.34. The summed E-state index contributed by atoms with van der Waals surface area (Å²) in [4.78, 5) is 44.1. The van der Waals surface area contributed by atoms with Crippen molar-refractivity contribution in [2.45, 2.75) is 51.6 Å². The van der Waals surface area contributed by atoms with E-state index in [1.54, 1.807) is 6.92 Å². The first-order chi connectivity index (χ1) is 9.27. The van der Waals surface area contributed by atoms with Crippen molar-refractivity contribution < 1.29 is 29.4 Å². The molecule has 114 valence electrons. The molecule has 2 amide bonds. The van der Waals surface area contributed by atoms with Gasteiger partial charge in [0.25, 0.3) is 0 Å². The zero-order chi connectivity index (χ0) is 15.7. The van der Waals surface area contributed by atoms with Crippen LogP contribution in [-0.2, 0) is 19.2 Å². The monoisotopic (exact) mass is 288 g/mol. The van der Waals surface area contributed by atoms with E-state index in [-0.39, 0.29) is 12.8 Å². The molecule has 4 N–H and O–H groups in total. The normalized spacial score (nSPS) is 13.1. The minimum absolute atomic E-state index is 0.0980. The number of aliphatic carboxylic acids is 2. The van der Waals surface area contributed by atoms with Gasteiger partial charge in [0, 0.05) is 13.3 Å². The molecular formula is C12H20N2O6. The number of carbonyl (C=O) groups is 4. The minimum atomic E-state index is -1.24. The van der Waals surface area contributed by atoms with Gasteiger partial charge in [-0.05, 0) is 12.8 Å². The van der Waals surface area contributed by atoms with Crippen LogP contribution >= 0.6 is 0 Å². The molecule has 0 rings (SSSR count). The second kappa shape index (κ2) is 8.89. The summed E-state index contributed by atoms with van der Waals surface area (Å²) in [5, 5.41) is 22.2. The SMILES string of the molecule is CCC[C@@H](NC(=O)CC[C@H](NC(C)=O)C(=O)O)C(=O)O. The van der Waals surface area contributed by atoms with Gasteiger partial charge in [-0.25, -0.2) is 9.59 Å². The third-order valence-electron chi connectivity index (χ3n) is 2.55. The van der Waals surface area contributed by atoms with Gasteiger partial charge in [0.05, 0.1) is 0 Å². The molecule has 0 bridgehead atoms. The maximum absolute atomic E-state index is 11.6. The number of amides is 2. The zero-order valence-corrected chi connectivity index (χ0v) is 11.5. The van der Waals surface area contributed by atoms with E-state index in [1.807, 2.05) is 0 Å². The Morgan fingerprint density at radius 3 is 1.85 bits per heavy atom. The van der Waals surface area contributed by atoms with Gasteiger partial charge in [0.1, 0.15) is 12.1 Å². The minimum Gasteiger partial charge on any atom is -0.480 e. The first kappa shape index (κ1) is 17.9. The summed E-state index contributed by atoms with van der Waals surface area (Å²) in [6.07, 6.45) is 0.625. The molecule has 0 aromatic carbocycles. The molecule has 0 unspecified atom stereocenters. The molecule has 0 heterocycles. The summed E-state index contributed by atoms with van der Waals surface area (Å²) in [7, 11) is 0. The van der Waals surface area contributed by atoms with E-state index in [0.29, 0.717) is 12.8 Å². The van der Waals surface area contributed by atoms with E-state index in [4.69, 9.17) is 10.2 Å². The lowest BCUT2D eigenvalue weighted by atomic mass is 10.1. The van der Waals surface area contributed by atoms with Crippen LogP contribution in [0.3, 0.4) is 0 Å². The van der Waals surface area contributed by atoms with Crippen molar-refractivity contribution >= 4 is 23.8 Å². The molecule has 8 nitrogen and oxygen atoms in total. The number of hydrogen-bond donors (Lipinski definition) is 4. The fourth-order valence-electron chi connectivity index (χ4n) is 1.59. The summed E-state index contributed by atoms with van der Waals surface area (Å²) in [6, 6.07) is -2.13. The molecule has 0 aliphatic carbocycles. The molecule has 0 aromatic heterocycles. The quantitative estimate of drug-likeness (QED) is 0.461. The van der Waals surface area contributed by atoms with E-state index in [1.165, 1.54) is 6.92 Å². The summed E-state index contributed by atoms with van der Waals surface area (Å²) in [5.41, 5.74) is 0. The van der Waals surface area contributed by atoms with Crippen LogP contribution in [0.4, 0.5) is 0 Å². The Balaban J connectivity index is 4.34. The van der Waals surface area contributed by atoms with Gasteiger partial charge < -0.3 is 20.8 Å². The molecule has 0 spiro atoms. The van der Waals surface area contributed by atoms with Crippen LogP contribution in [0.15, 0.2) is 0 Å². The molecule has 0 saturated carbocycles. The Kier molecular flexibility index (Phi) is 7.95. The molecule has 0 radical (unpaired) electrons. The Bertz CT molecular complexity index is 382. The Hall–Kier alpha value is -2.12. The Labute approximate surface area is 116 Å². The van der Waals surface area contributed by atoms with E-state index in [9.17, 15) is 19.2 Å².